The zero-order valence-corrected chi connectivity index (χ0v) is 14.4. The highest BCUT2D eigenvalue weighted by Crippen LogP contribution is 2.35. The minimum atomic E-state index is -0.946. The predicted octanol–water partition coefficient (Wildman–Crippen LogP) is 1.69. The lowest BCUT2D eigenvalue weighted by Gasteiger charge is -2.21. The molecule has 1 heterocycles. The second-order valence-electron chi connectivity index (χ2n) is 6.50. The average Bonchev–Trinajstić information content (AvgIpc) is 3.16. The number of nitrogens with one attached hydrogen (secondary N) is 1. The summed E-state index contributed by atoms with van der Waals surface area (Å²) in [6.07, 6.45) is 2.27. The molecule has 7 heteroatoms. The van der Waals surface area contributed by atoms with Gasteiger partial charge in [-0.05, 0) is 44.0 Å². The summed E-state index contributed by atoms with van der Waals surface area (Å²) in [5.74, 6) is 1.11. The van der Waals surface area contributed by atoms with Crippen LogP contribution in [0.3, 0.4) is 0 Å². The summed E-state index contributed by atoms with van der Waals surface area (Å²) in [5, 5.41) is 13.0. The Morgan fingerprint density at radius 3 is 2.36 bits per heavy atom. The highest BCUT2D eigenvalue weighted by Gasteiger charge is 2.52. The lowest BCUT2D eigenvalue weighted by atomic mass is 9.98. The number of aliphatic hydroxyl groups is 1. The number of carbonyl (C=O) groups is 2. The Kier molecular flexibility index (Phi) is 5.13. The van der Waals surface area contributed by atoms with Gasteiger partial charge in [-0.25, -0.2) is 4.79 Å². The highest BCUT2D eigenvalue weighted by molar-refractivity contribution is 6.07. The van der Waals surface area contributed by atoms with Crippen LogP contribution >= 0.6 is 0 Å². The first-order chi connectivity index (χ1) is 12.0. The maximum atomic E-state index is 12.5. The third kappa shape index (κ3) is 3.71. The van der Waals surface area contributed by atoms with Crippen LogP contribution in [0.5, 0.6) is 11.5 Å². The zero-order chi connectivity index (χ0) is 17.9. The fraction of sp³-hybridized carbons (Fsp3) is 0.556. The molecule has 0 unspecified atom stereocenters. The quantitative estimate of drug-likeness (QED) is 0.732. The van der Waals surface area contributed by atoms with Crippen molar-refractivity contribution >= 4 is 11.9 Å². The second-order valence-corrected chi connectivity index (χ2v) is 6.50. The van der Waals surface area contributed by atoms with E-state index in [2.05, 4.69) is 5.32 Å². The van der Waals surface area contributed by atoms with Crippen LogP contribution in [0.1, 0.15) is 32.6 Å². The molecule has 0 bridgehead atoms. The maximum absolute atomic E-state index is 12.5. The van der Waals surface area contributed by atoms with Crippen molar-refractivity contribution in [2.75, 3.05) is 19.8 Å². The van der Waals surface area contributed by atoms with Crippen molar-refractivity contribution in [1.82, 2.24) is 10.2 Å². The zero-order valence-electron chi connectivity index (χ0n) is 14.4. The molecule has 25 heavy (non-hydrogen) atoms. The molecule has 1 atom stereocenters. The number of carbonyl (C=O) groups excluding carboxylic acids is 2. The summed E-state index contributed by atoms with van der Waals surface area (Å²) < 4.78 is 10.9. The Morgan fingerprint density at radius 1 is 1.16 bits per heavy atom. The molecule has 2 N–H and O–H groups in total. The molecule has 2 aliphatic rings. The van der Waals surface area contributed by atoms with Crippen LogP contribution in [0.25, 0.3) is 0 Å². The van der Waals surface area contributed by atoms with Gasteiger partial charge in [0, 0.05) is 0 Å². The van der Waals surface area contributed by atoms with Crippen molar-refractivity contribution in [3.63, 3.8) is 0 Å². The molecule has 1 saturated carbocycles. The minimum Gasteiger partial charge on any atom is -0.494 e. The van der Waals surface area contributed by atoms with Gasteiger partial charge in [0.1, 0.15) is 29.7 Å². The van der Waals surface area contributed by atoms with Crippen LogP contribution in [0.2, 0.25) is 0 Å². The Hall–Kier alpha value is -2.28. The summed E-state index contributed by atoms with van der Waals surface area (Å²) in [4.78, 5) is 25.7. The first-order valence-corrected chi connectivity index (χ1v) is 8.72. The lowest BCUT2D eigenvalue weighted by molar-refractivity contribution is -0.132. The number of β-amino-alcohol motifs (C(OH)–C–C–N with tert-alkyl or cyclic N) is 1. The van der Waals surface area contributed by atoms with Crippen molar-refractivity contribution < 1.29 is 24.2 Å². The molecule has 1 saturated heterocycles. The monoisotopic (exact) mass is 348 g/mol. The number of hydrogen-bond acceptors (Lipinski definition) is 5. The van der Waals surface area contributed by atoms with E-state index in [0.29, 0.717) is 25.2 Å². The molecule has 1 aliphatic carbocycles. The van der Waals surface area contributed by atoms with Crippen LogP contribution in [0.4, 0.5) is 4.79 Å². The SMILES string of the molecule is CCOc1ccc(OC[C@@H](O)CN2C(=O)NC3(CCCC3)C2=O)cc1. The fourth-order valence-electron chi connectivity index (χ4n) is 3.41. The maximum Gasteiger partial charge on any atom is 0.325 e. The van der Waals surface area contributed by atoms with Crippen molar-refractivity contribution in [3.05, 3.63) is 24.3 Å². The van der Waals surface area contributed by atoms with Crippen LogP contribution in [-0.4, -0.2) is 53.3 Å². The summed E-state index contributed by atoms with van der Waals surface area (Å²) in [7, 11) is 0. The third-order valence-corrected chi connectivity index (χ3v) is 4.67. The third-order valence-electron chi connectivity index (χ3n) is 4.67. The van der Waals surface area contributed by atoms with E-state index in [0.717, 1.165) is 23.5 Å². The number of imide groups is 1. The van der Waals surface area contributed by atoms with Gasteiger partial charge in [-0.2, -0.15) is 0 Å². The predicted molar refractivity (Wildman–Crippen MR) is 90.6 cm³/mol. The Morgan fingerprint density at radius 2 is 1.76 bits per heavy atom. The number of benzene rings is 1. The molecule has 7 nitrogen and oxygen atoms in total. The molecule has 1 aliphatic heterocycles. The number of rotatable bonds is 7. The molecule has 1 spiro atoms. The van der Waals surface area contributed by atoms with Gasteiger partial charge in [-0.15, -0.1) is 0 Å². The molecule has 0 aromatic heterocycles. The topological polar surface area (TPSA) is 88.1 Å². The highest BCUT2D eigenvalue weighted by atomic mass is 16.5. The average molecular weight is 348 g/mol. The molecular weight excluding hydrogens is 324 g/mol. The van der Waals surface area contributed by atoms with E-state index in [4.69, 9.17) is 9.47 Å². The number of nitrogens with zero attached hydrogens (tertiary/aromatic N) is 1. The first-order valence-electron chi connectivity index (χ1n) is 8.72. The summed E-state index contributed by atoms with van der Waals surface area (Å²) in [5.41, 5.74) is -0.743. The van der Waals surface area contributed by atoms with Gasteiger partial charge in [0.05, 0.1) is 13.2 Å². The van der Waals surface area contributed by atoms with Crippen molar-refractivity contribution in [2.24, 2.45) is 0 Å². The van der Waals surface area contributed by atoms with Crippen molar-refractivity contribution in [3.8, 4) is 11.5 Å². The smallest absolute Gasteiger partial charge is 0.325 e. The largest absolute Gasteiger partial charge is 0.494 e. The Balaban J connectivity index is 1.51. The second kappa shape index (κ2) is 7.31. The van der Waals surface area contributed by atoms with Gasteiger partial charge in [-0.1, -0.05) is 12.8 Å². The van der Waals surface area contributed by atoms with Gasteiger partial charge in [-0.3, -0.25) is 9.69 Å². The number of urea groups is 1. The van der Waals surface area contributed by atoms with E-state index in [-0.39, 0.29) is 19.1 Å². The normalized spacial score (nSPS) is 20.0. The van der Waals surface area contributed by atoms with E-state index in [1.807, 2.05) is 6.92 Å². The molecule has 1 aromatic rings. The number of hydrogen-bond donors (Lipinski definition) is 2. The van der Waals surface area contributed by atoms with Crippen LogP contribution in [0.15, 0.2) is 24.3 Å². The standard InChI is InChI=1S/C18H24N2O5/c1-2-24-14-5-7-15(8-6-14)25-12-13(21)11-20-16(22)18(19-17(20)23)9-3-4-10-18/h5-8,13,21H,2-4,9-12H2,1H3,(H,19,23)/t13-/m0/s1. The molecule has 1 aromatic carbocycles. The molecule has 2 fully saturated rings. The van der Waals surface area contributed by atoms with Crippen LogP contribution in [-0.2, 0) is 4.79 Å². The van der Waals surface area contributed by atoms with E-state index in [1.54, 1.807) is 24.3 Å². The number of aliphatic hydroxyl groups excluding tert-OH is 1. The van der Waals surface area contributed by atoms with E-state index < -0.39 is 17.7 Å². The molecule has 136 valence electrons. The van der Waals surface area contributed by atoms with Gasteiger partial charge in [0.25, 0.3) is 5.91 Å². The van der Waals surface area contributed by atoms with Crippen molar-refractivity contribution in [2.45, 2.75) is 44.2 Å². The first kappa shape index (κ1) is 17.5. The van der Waals surface area contributed by atoms with Gasteiger partial charge in [0.15, 0.2) is 0 Å². The molecular formula is C18H24N2O5. The fourth-order valence-corrected chi connectivity index (χ4v) is 3.41. The minimum absolute atomic E-state index is 0.00194. The Labute approximate surface area is 146 Å². The van der Waals surface area contributed by atoms with Crippen LogP contribution < -0.4 is 14.8 Å². The molecule has 3 amide bonds. The molecule has 0 radical (unpaired) electrons. The number of amides is 3. The van der Waals surface area contributed by atoms with Crippen LogP contribution in [0, 0.1) is 0 Å². The summed E-state index contributed by atoms with van der Waals surface area (Å²) in [6, 6.07) is 6.64. The molecule has 3 rings (SSSR count). The van der Waals surface area contributed by atoms with Gasteiger partial charge < -0.3 is 19.9 Å². The van der Waals surface area contributed by atoms with E-state index in [9.17, 15) is 14.7 Å². The number of ether oxygens (including phenoxy) is 2. The summed E-state index contributed by atoms with van der Waals surface area (Å²) in [6.45, 7) is 2.43. The summed E-state index contributed by atoms with van der Waals surface area (Å²) >= 11 is 0. The van der Waals surface area contributed by atoms with Gasteiger partial charge in [0.2, 0.25) is 0 Å². The van der Waals surface area contributed by atoms with E-state index >= 15 is 0 Å². The Bertz CT molecular complexity index is 625. The van der Waals surface area contributed by atoms with Crippen molar-refractivity contribution in [1.29, 1.82) is 0 Å². The van der Waals surface area contributed by atoms with Gasteiger partial charge >= 0.3 is 6.03 Å². The van der Waals surface area contributed by atoms with E-state index in [1.165, 1.54) is 0 Å². The lowest BCUT2D eigenvalue weighted by Crippen LogP contribution is -2.45.